The number of carboxylic acid groups (broad SMARTS) is 1. The smallest absolute Gasteiger partial charge is 0.303 e. The summed E-state index contributed by atoms with van der Waals surface area (Å²) in [5.41, 5.74) is 2.35. The van der Waals surface area contributed by atoms with Crippen LogP contribution < -0.4 is 0 Å². The summed E-state index contributed by atoms with van der Waals surface area (Å²) >= 11 is 0. The number of Topliss-reactive ketones (excluding diaryl/α,β-unsaturated/α-hetero) is 1. The van der Waals surface area contributed by atoms with Gasteiger partial charge in [-0.1, -0.05) is 24.3 Å². The highest BCUT2D eigenvalue weighted by Crippen LogP contribution is 2.32. The highest BCUT2D eigenvalue weighted by atomic mass is 16.4. The molecule has 1 unspecified atom stereocenters. The van der Waals surface area contributed by atoms with Gasteiger partial charge in [0.05, 0.1) is 6.42 Å². The molecule has 90 valence electrons. The lowest BCUT2D eigenvalue weighted by molar-refractivity contribution is -0.138. The van der Waals surface area contributed by atoms with E-state index in [-0.39, 0.29) is 24.5 Å². The van der Waals surface area contributed by atoms with Crippen molar-refractivity contribution in [2.75, 3.05) is 0 Å². The van der Waals surface area contributed by atoms with Crippen molar-refractivity contribution in [1.82, 2.24) is 0 Å². The maximum absolute atomic E-state index is 12.0. The first-order valence-electron chi connectivity index (χ1n) is 6.01. The standard InChI is InChI=1S/C14H16O3/c15-13(8-9-14(16)17)12-7-3-5-10-4-1-2-6-11(10)12/h1-2,4,6,12H,3,5,7-9H2,(H,16,17). The molecule has 2 rings (SSSR count). The summed E-state index contributed by atoms with van der Waals surface area (Å²) < 4.78 is 0. The number of carbonyl (C=O) groups is 2. The summed E-state index contributed by atoms with van der Waals surface area (Å²) in [5, 5.41) is 8.60. The van der Waals surface area contributed by atoms with Crippen molar-refractivity contribution in [1.29, 1.82) is 0 Å². The zero-order valence-corrected chi connectivity index (χ0v) is 9.69. The van der Waals surface area contributed by atoms with Crippen LogP contribution in [0.2, 0.25) is 0 Å². The zero-order valence-electron chi connectivity index (χ0n) is 9.69. The Bertz CT molecular complexity index is 437. The van der Waals surface area contributed by atoms with Gasteiger partial charge in [0.2, 0.25) is 0 Å². The highest BCUT2D eigenvalue weighted by molar-refractivity contribution is 5.88. The number of carboxylic acids is 1. The molecule has 0 bridgehead atoms. The van der Waals surface area contributed by atoms with Crippen molar-refractivity contribution < 1.29 is 14.7 Å². The van der Waals surface area contributed by atoms with Gasteiger partial charge in [-0.3, -0.25) is 9.59 Å². The van der Waals surface area contributed by atoms with Gasteiger partial charge in [0.15, 0.2) is 0 Å². The van der Waals surface area contributed by atoms with E-state index < -0.39 is 5.97 Å². The maximum Gasteiger partial charge on any atom is 0.303 e. The van der Waals surface area contributed by atoms with E-state index in [1.807, 2.05) is 18.2 Å². The van der Waals surface area contributed by atoms with Gasteiger partial charge in [-0.25, -0.2) is 0 Å². The summed E-state index contributed by atoms with van der Waals surface area (Å²) in [6.07, 6.45) is 2.99. The third-order valence-corrected chi connectivity index (χ3v) is 3.34. The van der Waals surface area contributed by atoms with Crippen LogP contribution in [0.15, 0.2) is 24.3 Å². The molecule has 0 saturated heterocycles. The minimum atomic E-state index is -0.901. The van der Waals surface area contributed by atoms with Gasteiger partial charge in [-0.15, -0.1) is 0 Å². The van der Waals surface area contributed by atoms with E-state index in [0.717, 1.165) is 24.8 Å². The van der Waals surface area contributed by atoms with Gasteiger partial charge in [0.1, 0.15) is 5.78 Å². The van der Waals surface area contributed by atoms with E-state index in [2.05, 4.69) is 6.07 Å². The molecule has 1 N–H and O–H groups in total. The number of ketones is 1. The molecule has 17 heavy (non-hydrogen) atoms. The van der Waals surface area contributed by atoms with Crippen molar-refractivity contribution in [2.24, 2.45) is 0 Å². The third kappa shape index (κ3) is 2.73. The molecule has 1 aliphatic carbocycles. The van der Waals surface area contributed by atoms with Gasteiger partial charge < -0.3 is 5.11 Å². The number of hydrogen-bond acceptors (Lipinski definition) is 2. The molecule has 3 heteroatoms. The number of carbonyl (C=O) groups excluding carboxylic acids is 1. The van der Waals surface area contributed by atoms with Gasteiger partial charge >= 0.3 is 5.97 Å². The second kappa shape index (κ2) is 5.13. The first kappa shape index (κ1) is 11.8. The van der Waals surface area contributed by atoms with E-state index in [0.29, 0.717) is 0 Å². The van der Waals surface area contributed by atoms with Crippen LogP contribution in [0, 0.1) is 0 Å². The molecule has 0 fully saturated rings. The van der Waals surface area contributed by atoms with Crippen molar-refractivity contribution in [3.05, 3.63) is 35.4 Å². The van der Waals surface area contributed by atoms with Crippen LogP contribution in [-0.4, -0.2) is 16.9 Å². The minimum absolute atomic E-state index is 0.0580. The monoisotopic (exact) mass is 232 g/mol. The summed E-state index contributed by atoms with van der Waals surface area (Å²) in [6.45, 7) is 0. The molecule has 1 atom stereocenters. The van der Waals surface area contributed by atoms with Crippen LogP contribution in [0.5, 0.6) is 0 Å². The molecular weight excluding hydrogens is 216 g/mol. The molecule has 0 aliphatic heterocycles. The van der Waals surface area contributed by atoms with E-state index >= 15 is 0 Å². The Balaban J connectivity index is 2.12. The van der Waals surface area contributed by atoms with Crippen LogP contribution in [0.25, 0.3) is 0 Å². The summed E-state index contributed by atoms with van der Waals surface area (Å²) in [4.78, 5) is 22.5. The van der Waals surface area contributed by atoms with Crippen molar-refractivity contribution in [3.8, 4) is 0 Å². The minimum Gasteiger partial charge on any atom is -0.481 e. The van der Waals surface area contributed by atoms with Crippen LogP contribution in [0.4, 0.5) is 0 Å². The van der Waals surface area contributed by atoms with Crippen LogP contribution >= 0.6 is 0 Å². The van der Waals surface area contributed by atoms with E-state index in [1.54, 1.807) is 0 Å². The van der Waals surface area contributed by atoms with E-state index in [1.165, 1.54) is 5.56 Å². The van der Waals surface area contributed by atoms with Crippen LogP contribution in [0.3, 0.4) is 0 Å². The summed E-state index contributed by atoms with van der Waals surface area (Å²) in [7, 11) is 0. The predicted molar refractivity (Wildman–Crippen MR) is 64.0 cm³/mol. The fourth-order valence-electron chi connectivity index (χ4n) is 2.49. The molecule has 0 amide bonds. The molecule has 0 heterocycles. The Labute approximate surface area is 100 Å². The third-order valence-electron chi connectivity index (χ3n) is 3.34. The summed E-state index contributed by atoms with van der Waals surface area (Å²) in [6, 6.07) is 7.99. The Morgan fingerprint density at radius 1 is 1.24 bits per heavy atom. The largest absolute Gasteiger partial charge is 0.481 e. The predicted octanol–water partition coefficient (Wildman–Crippen LogP) is 2.54. The molecule has 0 aromatic heterocycles. The average Bonchev–Trinajstić information content (AvgIpc) is 2.35. The quantitative estimate of drug-likeness (QED) is 0.867. The first-order valence-corrected chi connectivity index (χ1v) is 6.01. The SMILES string of the molecule is O=C(O)CCC(=O)C1CCCc2ccccc21. The van der Waals surface area contributed by atoms with Gasteiger partial charge in [-0.05, 0) is 30.4 Å². The molecule has 1 aliphatic rings. The zero-order chi connectivity index (χ0) is 12.3. The Morgan fingerprint density at radius 2 is 2.00 bits per heavy atom. The molecule has 0 saturated carbocycles. The van der Waals surface area contributed by atoms with Crippen molar-refractivity contribution >= 4 is 11.8 Å². The number of aryl methyl sites for hydroxylation is 1. The van der Waals surface area contributed by atoms with Crippen LogP contribution in [0.1, 0.15) is 42.7 Å². The first-order chi connectivity index (χ1) is 8.18. The lowest BCUT2D eigenvalue weighted by Crippen LogP contribution is -2.19. The molecule has 0 spiro atoms. The fourth-order valence-corrected chi connectivity index (χ4v) is 2.49. The molecule has 1 aromatic carbocycles. The molecular formula is C14H16O3. The lowest BCUT2D eigenvalue weighted by atomic mass is 9.79. The summed E-state index contributed by atoms with van der Waals surface area (Å²) in [5.74, 6) is -0.915. The second-order valence-corrected chi connectivity index (χ2v) is 4.50. The van der Waals surface area contributed by atoms with Gasteiger partial charge in [0, 0.05) is 12.3 Å². The second-order valence-electron chi connectivity index (χ2n) is 4.50. The highest BCUT2D eigenvalue weighted by Gasteiger charge is 2.25. The number of hydrogen-bond donors (Lipinski definition) is 1. The average molecular weight is 232 g/mol. The van der Waals surface area contributed by atoms with Crippen molar-refractivity contribution in [3.63, 3.8) is 0 Å². The molecule has 3 nitrogen and oxygen atoms in total. The molecule has 1 aromatic rings. The van der Waals surface area contributed by atoms with Gasteiger partial charge in [0.25, 0.3) is 0 Å². The molecule has 0 radical (unpaired) electrons. The van der Waals surface area contributed by atoms with E-state index in [4.69, 9.17) is 5.11 Å². The van der Waals surface area contributed by atoms with Crippen molar-refractivity contribution in [2.45, 2.75) is 38.0 Å². The number of benzene rings is 1. The number of aliphatic carboxylic acids is 1. The van der Waals surface area contributed by atoms with E-state index in [9.17, 15) is 9.59 Å². The fraction of sp³-hybridized carbons (Fsp3) is 0.429. The Morgan fingerprint density at radius 3 is 2.76 bits per heavy atom. The number of fused-ring (bicyclic) bond motifs is 1. The van der Waals surface area contributed by atoms with Gasteiger partial charge in [-0.2, -0.15) is 0 Å². The Hall–Kier alpha value is -1.64. The van der Waals surface area contributed by atoms with Crippen LogP contribution in [-0.2, 0) is 16.0 Å². The maximum atomic E-state index is 12.0. The topological polar surface area (TPSA) is 54.4 Å². The lowest BCUT2D eigenvalue weighted by Gasteiger charge is -2.24. The normalized spacial score (nSPS) is 18.5. The number of rotatable bonds is 4. The Kier molecular flexibility index (Phi) is 3.57.